The molecule has 0 bridgehead atoms. The van der Waals surface area contributed by atoms with E-state index < -0.39 is 22.0 Å². The predicted octanol–water partition coefficient (Wildman–Crippen LogP) is 3.50. The molecule has 2 aromatic carbocycles. The third-order valence-electron chi connectivity index (χ3n) is 5.15. The van der Waals surface area contributed by atoms with Crippen LogP contribution in [-0.2, 0) is 10.0 Å². The first kappa shape index (κ1) is 23.1. The second kappa shape index (κ2) is 9.67. The van der Waals surface area contributed by atoms with Gasteiger partial charge >= 0.3 is 6.03 Å². The highest BCUT2D eigenvalue weighted by atomic mass is 35.5. The Hall–Kier alpha value is -2.62. The van der Waals surface area contributed by atoms with Crippen LogP contribution in [0.15, 0.2) is 47.4 Å². The number of carbonyl (C=O) groups is 2. The molecule has 0 spiro atoms. The summed E-state index contributed by atoms with van der Waals surface area (Å²) in [5, 5.41) is 5.41. The molecule has 166 valence electrons. The summed E-state index contributed by atoms with van der Waals surface area (Å²) < 4.78 is 27.4. The van der Waals surface area contributed by atoms with Crippen molar-refractivity contribution in [2.45, 2.75) is 37.1 Å². The van der Waals surface area contributed by atoms with Gasteiger partial charge in [0.05, 0.1) is 11.1 Å². The number of urea groups is 1. The Morgan fingerprint density at radius 2 is 1.71 bits per heavy atom. The molecule has 1 atom stereocenters. The number of carbonyl (C=O) groups excluding carboxylic acids is 2. The van der Waals surface area contributed by atoms with Gasteiger partial charge in [0.15, 0.2) is 0 Å². The molecule has 31 heavy (non-hydrogen) atoms. The fourth-order valence-corrected chi connectivity index (χ4v) is 5.46. The molecule has 2 aromatic rings. The lowest BCUT2D eigenvalue weighted by molar-refractivity contribution is 0.0939. The zero-order valence-electron chi connectivity index (χ0n) is 17.1. The van der Waals surface area contributed by atoms with Crippen LogP contribution in [0.2, 0.25) is 5.02 Å². The molecular formula is C21H25ClN4O4S. The van der Waals surface area contributed by atoms with Gasteiger partial charge in [-0.2, -0.15) is 4.31 Å². The maximum atomic E-state index is 13.0. The average Bonchev–Trinajstić information content (AvgIpc) is 2.74. The molecule has 1 saturated heterocycles. The molecule has 3 rings (SSSR count). The van der Waals surface area contributed by atoms with Gasteiger partial charge in [-0.25, -0.2) is 13.2 Å². The van der Waals surface area contributed by atoms with Crippen molar-refractivity contribution < 1.29 is 18.0 Å². The smallest absolute Gasteiger partial charge is 0.316 e. The molecule has 0 radical (unpaired) electrons. The van der Waals surface area contributed by atoms with Gasteiger partial charge in [0.25, 0.3) is 5.91 Å². The fraction of sp³-hybridized carbons (Fsp3) is 0.333. The van der Waals surface area contributed by atoms with Crippen LogP contribution in [0.5, 0.6) is 0 Å². The number of rotatable bonds is 6. The molecule has 3 amide bonds. The number of nitrogens with two attached hydrogens (primary N) is 1. The van der Waals surface area contributed by atoms with Crippen molar-refractivity contribution >= 4 is 39.2 Å². The number of anilines is 1. The highest BCUT2D eigenvalue weighted by Gasteiger charge is 2.29. The first-order chi connectivity index (χ1) is 14.7. The Kier molecular flexibility index (Phi) is 7.19. The van der Waals surface area contributed by atoms with Crippen molar-refractivity contribution in [3.05, 3.63) is 58.6 Å². The minimum atomic E-state index is -3.77. The van der Waals surface area contributed by atoms with Crippen LogP contribution in [0.3, 0.4) is 0 Å². The van der Waals surface area contributed by atoms with Crippen LogP contribution < -0.4 is 16.4 Å². The first-order valence-electron chi connectivity index (χ1n) is 9.95. The molecule has 1 aliphatic heterocycles. The standard InChI is InChI=1S/C21H25ClN4O4S/c1-14(15-5-8-17(9-6-15)25-21(23)28)24-20(27)16-7-10-18(22)19(13-16)31(29,30)26-11-3-2-4-12-26/h5-10,13-14H,2-4,11-12H2,1H3,(H,24,27)(H3,23,25,28). The fourth-order valence-electron chi connectivity index (χ4n) is 3.45. The number of halogens is 1. The van der Waals surface area contributed by atoms with E-state index in [1.54, 1.807) is 31.2 Å². The molecule has 0 saturated carbocycles. The maximum absolute atomic E-state index is 13.0. The minimum Gasteiger partial charge on any atom is -0.351 e. The summed E-state index contributed by atoms with van der Waals surface area (Å²) in [7, 11) is -3.77. The average molecular weight is 465 g/mol. The normalized spacial score (nSPS) is 15.8. The Labute approximate surface area is 186 Å². The predicted molar refractivity (Wildman–Crippen MR) is 120 cm³/mol. The summed E-state index contributed by atoms with van der Waals surface area (Å²) in [4.78, 5) is 23.6. The van der Waals surface area contributed by atoms with Gasteiger partial charge in [-0.3, -0.25) is 4.79 Å². The van der Waals surface area contributed by atoms with E-state index in [1.807, 2.05) is 0 Å². The van der Waals surface area contributed by atoms with Crippen LogP contribution in [0, 0.1) is 0 Å². The summed E-state index contributed by atoms with van der Waals surface area (Å²) in [5.41, 5.74) is 6.64. The van der Waals surface area contributed by atoms with Crippen molar-refractivity contribution in [1.82, 2.24) is 9.62 Å². The zero-order chi connectivity index (χ0) is 22.6. The summed E-state index contributed by atoms with van der Waals surface area (Å²) in [6.07, 6.45) is 2.62. The lowest BCUT2D eigenvalue weighted by Crippen LogP contribution is -2.36. The van der Waals surface area contributed by atoms with Gasteiger partial charge in [0.2, 0.25) is 10.0 Å². The van der Waals surface area contributed by atoms with Gasteiger partial charge in [0.1, 0.15) is 4.90 Å². The third-order valence-corrected chi connectivity index (χ3v) is 7.53. The number of amides is 3. The molecule has 1 heterocycles. The Morgan fingerprint density at radius 3 is 2.32 bits per heavy atom. The molecular weight excluding hydrogens is 440 g/mol. The van der Waals surface area contributed by atoms with E-state index in [0.29, 0.717) is 18.8 Å². The van der Waals surface area contributed by atoms with E-state index >= 15 is 0 Å². The van der Waals surface area contributed by atoms with Gasteiger partial charge in [0, 0.05) is 24.3 Å². The number of piperidine rings is 1. The summed E-state index contributed by atoms with van der Waals surface area (Å²) in [5.74, 6) is -0.418. The van der Waals surface area contributed by atoms with Crippen molar-refractivity contribution in [3.8, 4) is 0 Å². The molecule has 1 fully saturated rings. The first-order valence-corrected chi connectivity index (χ1v) is 11.8. The Morgan fingerprint density at radius 1 is 1.06 bits per heavy atom. The Bertz CT molecular complexity index is 1070. The quantitative estimate of drug-likeness (QED) is 0.605. The number of sulfonamides is 1. The van der Waals surface area contributed by atoms with E-state index in [4.69, 9.17) is 17.3 Å². The molecule has 1 aliphatic rings. The van der Waals surface area contributed by atoms with E-state index in [-0.39, 0.29) is 21.5 Å². The third kappa shape index (κ3) is 5.55. The van der Waals surface area contributed by atoms with Crippen molar-refractivity contribution in [3.63, 3.8) is 0 Å². The van der Waals surface area contributed by atoms with Gasteiger partial charge in [-0.05, 0) is 55.7 Å². The molecule has 0 aromatic heterocycles. The Balaban J connectivity index is 1.76. The number of hydrogen-bond donors (Lipinski definition) is 3. The highest BCUT2D eigenvalue weighted by molar-refractivity contribution is 7.89. The van der Waals surface area contributed by atoms with E-state index in [0.717, 1.165) is 24.8 Å². The van der Waals surface area contributed by atoms with Gasteiger partial charge in [-0.15, -0.1) is 0 Å². The van der Waals surface area contributed by atoms with Crippen LogP contribution in [0.25, 0.3) is 0 Å². The lowest BCUT2D eigenvalue weighted by Gasteiger charge is -2.26. The van der Waals surface area contributed by atoms with Crippen LogP contribution >= 0.6 is 11.6 Å². The topological polar surface area (TPSA) is 122 Å². The van der Waals surface area contributed by atoms with Crippen molar-refractivity contribution in [2.75, 3.05) is 18.4 Å². The molecule has 4 N–H and O–H groups in total. The molecule has 10 heteroatoms. The minimum absolute atomic E-state index is 0.0572. The molecule has 0 aliphatic carbocycles. The summed E-state index contributed by atoms with van der Waals surface area (Å²) >= 11 is 6.18. The number of hydrogen-bond acceptors (Lipinski definition) is 4. The second-order valence-corrected chi connectivity index (χ2v) is 9.73. The molecule has 8 nitrogen and oxygen atoms in total. The van der Waals surface area contributed by atoms with E-state index in [1.165, 1.54) is 22.5 Å². The largest absolute Gasteiger partial charge is 0.351 e. The van der Waals surface area contributed by atoms with Crippen LogP contribution in [0.1, 0.15) is 48.1 Å². The van der Waals surface area contributed by atoms with Gasteiger partial charge < -0.3 is 16.4 Å². The summed E-state index contributed by atoms with van der Waals surface area (Å²) in [6, 6.07) is 10.1. The molecule has 1 unspecified atom stereocenters. The maximum Gasteiger partial charge on any atom is 0.316 e. The SMILES string of the molecule is CC(NC(=O)c1ccc(Cl)c(S(=O)(=O)N2CCCCC2)c1)c1ccc(NC(N)=O)cc1. The second-order valence-electron chi connectivity index (χ2n) is 7.42. The van der Waals surface area contributed by atoms with Crippen molar-refractivity contribution in [2.24, 2.45) is 5.73 Å². The summed E-state index contributed by atoms with van der Waals surface area (Å²) in [6.45, 7) is 2.70. The highest BCUT2D eigenvalue weighted by Crippen LogP contribution is 2.28. The number of primary amides is 1. The van der Waals surface area contributed by atoms with E-state index in [9.17, 15) is 18.0 Å². The monoisotopic (exact) mass is 464 g/mol. The number of benzene rings is 2. The van der Waals surface area contributed by atoms with Crippen LogP contribution in [-0.4, -0.2) is 37.8 Å². The van der Waals surface area contributed by atoms with Crippen LogP contribution in [0.4, 0.5) is 10.5 Å². The van der Waals surface area contributed by atoms with Crippen molar-refractivity contribution in [1.29, 1.82) is 0 Å². The van der Waals surface area contributed by atoms with E-state index in [2.05, 4.69) is 10.6 Å². The zero-order valence-corrected chi connectivity index (χ0v) is 18.7. The van der Waals surface area contributed by atoms with Gasteiger partial charge in [-0.1, -0.05) is 30.2 Å². The lowest BCUT2D eigenvalue weighted by atomic mass is 10.1. The number of nitrogens with zero attached hydrogens (tertiary/aromatic N) is 1. The number of nitrogens with one attached hydrogen (secondary N) is 2.